The molecule has 1 aliphatic carbocycles. The minimum atomic E-state index is -0.779. The molecule has 2 atom stereocenters. The fourth-order valence-corrected chi connectivity index (χ4v) is 2.95. The Morgan fingerprint density at radius 1 is 1.00 bits per heavy atom. The fraction of sp³-hybridized carbons (Fsp3) is 0.846. The van der Waals surface area contributed by atoms with Crippen LogP contribution >= 0.6 is 0 Å². The van der Waals surface area contributed by atoms with Gasteiger partial charge < -0.3 is 15.3 Å². The van der Waals surface area contributed by atoms with Gasteiger partial charge in [-0.05, 0) is 32.1 Å². The zero-order valence-corrected chi connectivity index (χ0v) is 10.7. The van der Waals surface area contributed by atoms with Gasteiger partial charge in [-0.1, -0.05) is 12.8 Å². The van der Waals surface area contributed by atoms with Gasteiger partial charge in [0, 0.05) is 19.1 Å². The van der Waals surface area contributed by atoms with E-state index in [9.17, 15) is 9.59 Å². The van der Waals surface area contributed by atoms with Crippen LogP contribution in [0.3, 0.4) is 0 Å². The molecule has 102 valence electrons. The number of nitrogens with one attached hydrogen (secondary N) is 1. The van der Waals surface area contributed by atoms with Gasteiger partial charge >= 0.3 is 12.0 Å². The Balaban J connectivity index is 1.89. The van der Waals surface area contributed by atoms with Crippen molar-refractivity contribution in [3.63, 3.8) is 0 Å². The average Bonchev–Trinajstić information content (AvgIpc) is 2.40. The summed E-state index contributed by atoms with van der Waals surface area (Å²) in [5.41, 5.74) is 0. The van der Waals surface area contributed by atoms with E-state index in [0.717, 1.165) is 45.2 Å². The summed E-state index contributed by atoms with van der Waals surface area (Å²) in [5, 5.41) is 12.1. The van der Waals surface area contributed by atoms with Crippen molar-refractivity contribution in [2.45, 2.75) is 51.0 Å². The van der Waals surface area contributed by atoms with E-state index in [2.05, 4.69) is 5.32 Å². The van der Waals surface area contributed by atoms with Gasteiger partial charge in [0.2, 0.25) is 0 Å². The smallest absolute Gasteiger partial charge is 0.317 e. The molecule has 5 heteroatoms. The van der Waals surface area contributed by atoms with Gasteiger partial charge in [-0.15, -0.1) is 0 Å². The van der Waals surface area contributed by atoms with Crippen LogP contribution in [0.1, 0.15) is 44.9 Å². The predicted octanol–water partition coefficient (Wildman–Crippen LogP) is 1.83. The van der Waals surface area contributed by atoms with Crippen LogP contribution in [-0.4, -0.2) is 41.1 Å². The molecule has 0 radical (unpaired) electrons. The summed E-state index contributed by atoms with van der Waals surface area (Å²) in [6.07, 6.45) is 6.73. The van der Waals surface area contributed by atoms with E-state index < -0.39 is 11.9 Å². The molecule has 5 nitrogen and oxygen atoms in total. The van der Waals surface area contributed by atoms with Crippen LogP contribution in [0.5, 0.6) is 0 Å². The number of urea groups is 1. The third kappa shape index (κ3) is 3.15. The highest BCUT2D eigenvalue weighted by molar-refractivity contribution is 5.77. The van der Waals surface area contributed by atoms with Crippen LogP contribution in [0.4, 0.5) is 4.79 Å². The summed E-state index contributed by atoms with van der Waals surface area (Å²) >= 11 is 0. The third-order valence-corrected chi connectivity index (χ3v) is 4.04. The van der Waals surface area contributed by atoms with E-state index in [0.29, 0.717) is 6.42 Å². The number of aliphatic carboxylic acids is 1. The van der Waals surface area contributed by atoms with Crippen molar-refractivity contribution < 1.29 is 14.7 Å². The molecule has 2 aliphatic rings. The van der Waals surface area contributed by atoms with E-state index >= 15 is 0 Å². The molecule has 2 rings (SSSR count). The third-order valence-electron chi connectivity index (χ3n) is 4.04. The zero-order chi connectivity index (χ0) is 13.0. The Hall–Kier alpha value is -1.26. The summed E-state index contributed by atoms with van der Waals surface area (Å²) in [6.45, 7) is 1.60. The molecule has 1 saturated carbocycles. The Morgan fingerprint density at radius 3 is 2.33 bits per heavy atom. The first-order valence-electron chi connectivity index (χ1n) is 6.97. The number of carbonyl (C=O) groups excluding carboxylic acids is 1. The summed E-state index contributed by atoms with van der Waals surface area (Å²) in [5.74, 6) is -1.19. The van der Waals surface area contributed by atoms with E-state index in [1.54, 1.807) is 0 Å². The van der Waals surface area contributed by atoms with Gasteiger partial charge in [0.1, 0.15) is 0 Å². The van der Waals surface area contributed by atoms with Crippen LogP contribution in [0.15, 0.2) is 0 Å². The van der Waals surface area contributed by atoms with Crippen LogP contribution in [0, 0.1) is 5.92 Å². The number of likely N-dealkylation sites (tertiary alicyclic amines) is 1. The predicted molar refractivity (Wildman–Crippen MR) is 67.3 cm³/mol. The molecule has 2 fully saturated rings. The lowest BCUT2D eigenvalue weighted by Crippen LogP contribution is -2.51. The zero-order valence-electron chi connectivity index (χ0n) is 10.7. The van der Waals surface area contributed by atoms with Gasteiger partial charge in [-0.2, -0.15) is 0 Å². The van der Waals surface area contributed by atoms with Crippen molar-refractivity contribution in [2.75, 3.05) is 13.1 Å². The molecule has 2 amide bonds. The minimum Gasteiger partial charge on any atom is -0.481 e. The normalized spacial score (nSPS) is 28.8. The Labute approximate surface area is 108 Å². The Kier molecular flexibility index (Phi) is 4.44. The summed E-state index contributed by atoms with van der Waals surface area (Å²) in [7, 11) is 0. The number of carboxylic acids is 1. The number of rotatable bonds is 2. The molecule has 0 bridgehead atoms. The Bertz CT molecular complexity index is 313. The molecule has 2 unspecified atom stereocenters. The fourth-order valence-electron chi connectivity index (χ4n) is 2.95. The standard InChI is InChI=1S/C13H22N2O3/c16-12(17)10-6-2-3-7-11(10)14-13(18)15-8-4-1-5-9-15/h10-11H,1-9H2,(H,14,18)(H,16,17). The molecular formula is C13H22N2O3. The number of hydrogen-bond acceptors (Lipinski definition) is 2. The van der Waals surface area contributed by atoms with Gasteiger partial charge in [-0.3, -0.25) is 4.79 Å². The number of piperidine rings is 1. The summed E-state index contributed by atoms with van der Waals surface area (Å²) < 4.78 is 0. The van der Waals surface area contributed by atoms with Gasteiger partial charge in [0.25, 0.3) is 0 Å². The average molecular weight is 254 g/mol. The second-order valence-corrected chi connectivity index (χ2v) is 5.33. The lowest BCUT2D eigenvalue weighted by atomic mass is 9.84. The highest BCUT2D eigenvalue weighted by Crippen LogP contribution is 2.25. The van der Waals surface area contributed by atoms with Crippen molar-refractivity contribution >= 4 is 12.0 Å². The van der Waals surface area contributed by atoms with Gasteiger partial charge in [0.05, 0.1) is 5.92 Å². The van der Waals surface area contributed by atoms with Crippen molar-refractivity contribution in [3.05, 3.63) is 0 Å². The summed E-state index contributed by atoms with van der Waals surface area (Å²) in [6, 6.07) is -0.265. The van der Waals surface area contributed by atoms with Crippen molar-refractivity contribution in [1.82, 2.24) is 10.2 Å². The highest BCUT2D eigenvalue weighted by Gasteiger charge is 2.32. The van der Waals surface area contributed by atoms with Gasteiger partial charge in [-0.25, -0.2) is 4.79 Å². The molecule has 1 aliphatic heterocycles. The lowest BCUT2D eigenvalue weighted by molar-refractivity contribution is -0.143. The molecule has 0 aromatic carbocycles. The van der Waals surface area contributed by atoms with Gasteiger partial charge in [0.15, 0.2) is 0 Å². The first kappa shape index (κ1) is 13.2. The quantitative estimate of drug-likeness (QED) is 0.789. The molecule has 1 saturated heterocycles. The molecule has 18 heavy (non-hydrogen) atoms. The number of nitrogens with zero attached hydrogens (tertiary/aromatic N) is 1. The first-order chi connectivity index (χ1) is 8.68. The van der Waals surface area contributed by atoms with Crippen LogP contribution in [0.2, 0.25) is 0 Å². The largest absolute Gasteiger partial charge is 0.481 e. The topological polar surface area (TPSA) is 69.6 Å². The number of carboxylic acid groups (broad SMARTS) is 1. The van der Waals surface area contributed by atoms with Crippen LogP contribution in [0.25, 0.3) is 0 Å². The molecule has 0 aromatic heterocycles. The van der Waals surface area contributed by atoms with E-state index in [-0.39, 0.29) is 12.1 Å². The Morgan fingerprint density at radius 2 is 1.67 bits per heavy atom. The molecule has 1 heterocycles. The maximum absolute atomic E-state index is 12.1. The van der Waals surface area contributed by atoms with E-state index in [1.807, 2.05) is 4.90 Å². The second-order valence-electron chi connectivity index (χ2n) is 5.33. The van der Waals surface area contributed by atoms with Crippen LogP contribution in [-0.2, 0) is 4.79 Å². The molecule has 0 aromatic rings. The summed E-state index contributed by atoms with van der Waals surface area (Å²) in [4.78, 5) is 25.0. The maximum Gasteiger partial charge on any atom is 0.317 e. The monoisotopic (exact) mass is 254 g/mol. The molecular weight excluding hydrogens is 232 g/mol. The number of carbonyl (C=O) groups is 2. The SMILES string of the molecule is O=C(O)C1CCCCC1NC(=O)N1CCCCC1. The lowest BCUT2D eigenvalue weighted by Gasteiger charge is -2.33. The first-order valence-corrected chi connectivity index (χ1v) is 6.97. The molecule has 0 spiro atoms. The van der Waals surface area contributed by atoms with Crippen molar-refractivity contribution in [3.8, 4) is 0 Å². The number of amides is 2. The minimum absolute atomic E-state index is 0.0761. The van der Waals surface area contributed by atoms with Crippen molar-refractivity contribution in [2.24, 2.45) is 5.92 Å². The highest BCUT2D eigenvalue weighted by atomic mass is 16.4. The van der Waals surface area contributed by atoms with Crippen LogP contribution < -0.4 is 5.32 Å². The number of hydrogen-bond donors (Lipinski definition) is 2. The van der Waals surface area contributed by atoms with E-state index in [4.69, 9.17) is 5.11 Å². The van der Waals surface area contributed by atoms with Crippen molar-refractivity contribution in [1.29, 1.82) is 0 Å². The van der Waals surface area contributed by atoms with E-state index in [1.165, 1.54) is 6.42 Å². The maximum atomic E-state index is 12.1. The second kappa shape index (κ2) is 6.07. The molecule has 2 N–H and O–H groups in total.